The molecule has 0 saturated heterocycles. The van der Waals surface area contributed by atoms with Crippen molar-refractivity contribution in [2.45, 2.75) is 23.5 Å². The largest absolute Gasteiger partial charge is 0.399 e. The molecule has 0 radical (unpaired) electrons. The molecule has 1 amide bonds. The first-order valence-corrected chi connectivity index (χ1v) is 6.37. The van der Waals surface area contributed by atoms with Crippen LogP contribution < -0.4 is 17.2 Å². The quantitative estimate of drug-likeness (QED) is 0.701. The SMILES string of the molecule is CCn1c(Sc2ccc(N)cc2C(N)=O)n[nH]c1=O. The minimum Gasteiger partial charge on any atom is -0.399 e. The van der Waals surface area contributed by atoms with Crippen LogP contribution in [0.1, 0.15) is 17.3 Å². The summed E-state index contributed by atoms with van der Waals surface area (Å²) >= 11 is 1.19. The minimum atomic E-state index is -0.573. The van der Waals surface area contributed by atoms with Gasteiger partial charge in [-0.2, -0.15) is 0 Å². The number of aromatic nitrogens is 3. The molecule has 100 valence electrons. The Morgan fingerprint density at radius 1 is 1.53 bits per heavy atom. The molecule has 1 aromatic heterocycles. The van der Waals surface area contributed by atoms with Gasteiger partial charge in [-0.05, 0) is 36.9 Å². The number of amides is 1. The second-order valence-corrected chi connectivity index (χ2v) is 4.79. The van der Waals surface area contributed by atoms with Gasteiger partial charge in [-0.15, -0.1) is 5.10 Å². The number of nitrogens with zero attached hydrogens (tertiary/aromatic N) is 2. The van der Waals surface area contributed by atoms with Crippen LogP contribution in [-0.2, 0) is 6.54 Å². The average molecular weight is 279 g/mol. The number of rotatable bonds is 4. The summed E-state index contributed by atoms with van der Waals surface area (Å²) < 4.78 is 1.46. The van der Waals surface area contributed by atoms with Crippen molar-refractivity contribution in [1.82, 2.24) is 14.8 Å². The van der Waals surface area contributed by atoms with Gasteiger partial charge in [0.15, 0.2) is 5.16 Å². The number of nitrogens with two attached hydrogens (primary N) is 2. The van der Waals surface area contributed by atoms with Crippen LogP contribution in [0.25, 0.3) is 0 Å². The zero-order valence-corrected chi connectivity index (χ0v) is 11.0. The maximum atomic E-state index is 11.5. The lowest BCUT2D eigenvalue weighted by Gasteiger charge is -2.07. The number of hydrogen-bond acceptors (Lipinski definition) is 5. The highest BCUT2D eigenvalue weighted by atomic mass is 32.2. The Bertz CT molecular complexity index is 676. The zero-order valence-electron chi connectivity index (χ0n) is 10.2. The first-order chi connectivity index (χ1) is 9.02. The van der Waals surface area contributed by atoms with E-state index in [9.17, 15) is 9.59 Å². The molecule has 0 aliphatic carbocycles. The monoisotopic (exact) mass is 279 g/mol. The summed E-state index contributed by atoms with van der Waals surface area (Å²) in [6.07, 6.45) is 0. The van der Waals surface area contributed by atoms with Crippen LogP contribution >= 0.6 is 11.8 Å². The normalized spacial score (nSPS) is 10.6. The van der Waals surface area contributed by atoms with Crippen molar-refractivity contribution in [1.29, 1.82) is 0 Å². The molecule has 0 bridgehead atoms. The standard InChI is InChI=1S/C11H13N5O2S/c1-2-16-10(18)14-15-11(16)19-8-4-3-6(12)5-7(8)9(13)17/h3-5H,2,12H2,1H3,(H2,13,17)(H,14,18). The fourth-order valence-corrected chi connectivity index (χ4v) is 2.60. The molecule has 1 aromatic carbocycles. The van der Waals surface area contributed by atoms with E-state index in [0.29, 0.717) is 27.8 Å². The predicted octanol–water partition coefficient (Wildman–Crippen LogP) is 0.424. The van der Waals surface area contributed by atoms with Crippen LogP contribution in [0, 0.1) is 0 Å². The molecule has 19 heavy (non-hydrogen) atoms. The lowest BCUT2D eigenvalue weighted by atomic mass is 10.2. The van der Waals surface area contributed by atoms with E-state index in [-0.39, 0.29) is 5.69 Å². The smallest absolute Gasteiger partial charge is 0.343 e. The molecule has 0 unspecified atom stereocenters. The Morgan fingerprint density at radius 2 is 2.26 bits per heavy atom. The average Bonchev–Trinajstić information content (AvgIpc) is 2.71. The van der Waals surface area contributed by atoms with Crippen LogP contribution in [0.5, 0.6) is 0 Å². The number of nitrogen functional groups attached to an aromatic ring is 1. The summed E-state index contributed by atoms with van der Waals surface area (Å²) in [6, 6.07) is 4.85. The molecule has 5 N–H and O–H groups in total. The van der Waals surface area contributed by atoms with Gasteiger partial charge in [0, 0.05) is 17.1 Å². The maximum absolute atomic E-state index is 11.5. The van der Waals surface area contributed by atoms with E-state index >= 15 is 0 Å². The van der Waals surface area contributed by atoms with Crippen molar-refractivity contribution in [3.05, 3.63) is 34.2 Å². The van der Waals surface area contributed by atoms with Crippen LogP contribution in [0.2, 0.25) is 0 Å². The highest BCUT2D eigenvalue weighted by Crippen LogP contribution is 2.29. The molecule has 0 aliphatic rings. The predicted molar refractivity (Wildman–Crippen MR) is 72.0 cm³/mol. The first kappa shape index (κ1) is 13.2. The van der Waals surface area contributed by atoms with E-state index in [1.54, 1.807) is 12.1 Å². The molecule has 2 rings (SSSR count). The van der Waals surface area contributed by atoms with E-state index < -0.39 is 5.91 Å². The van der Waals surface area contributed by atoms with Gasteiger partial charge in [0.25, 0.3) is 0 Å². The third-order valence-electron chi connectivity index (χ3n) is 2.51. The van der Waals surface area contributed by atoms with Gasteiger partial charge in [-0.25, -0.2) is 9.89 Å². The third-order valence-corrected chi connectivity index (χ3v) is 3.58. The summed E-state index contributed by atoms with van der Waals surface area (Å²) in [5, 5.41) is 6.75. The fourth-order valence-electron chi connectivity index (χ4n) is 1.59. The number of nitrogens with one attached hydrogen (secondary N) is 1. The Kier molecular flexibility index (Phi) is 3.61. The number of anilines is 1. The number of H-pyrrole nitrogens is 1. The fraction of sp³-hybridized carbons (Fsp3) is 0.182. The summed E-state index contributed by atoms with van der Waals surface area (Å²) in [6.45, 7) is 2.32. The van der Waals surface area contributed by atoms with E-state index in [1.807, 2.05) is 6.92 Å². The van der Waals surface area contributed by atoms with Gasteiger partial charge in [0.2, 0.25) is 5.91 Å². The number of hydrogen-bond donors (Lipinski definition) is 3. The molecule has 8 heteroatoms. The van der Waals surface area contributed by atoms with Crippen molar-refractivity contribution in [2.75, 3.05) is 5.73 Å². The van der Waals surface area contributed by atoms with Crippen LogP contribution in [0.15, 0.2) is 33.0 Å². The summed E-state index contributed by atoms with van der Waals surface area (Å²) in [4.78, 5) is 23.4. The van der Waals surface area contributed by atoms with Gasteiger partial charge in [0.05, 0.1) is 5.56 Å². The van der Waals surface area contributed by atoms with E-state index in [0.717, 1.165) is 0 Å². The molecule has 7 nitrogen and oxygen atoms in total. The van der Waals surface area contributed by atoms with Crippen molar-refractivity contribution < 1.29 is 4.79 Å². The number of carbonyl (C=O) groups is 1. The Balaban J connectivity index is 2.43. The third kappa shape index (κ3) is 2.63. The molecule has 0 aliphatic heterocycles. The van der Waals surface area contributed by atoms with Crippen molar-refractivity contribution in [3.63, 3.8) is 0 Å². The Labute approximate surface area is 113 Å². The number of aromatic amines is 1. The Morgan fingerprint density at radius 3 is 2.89 bits per heavy atom. The second-order valence-electron chi connectivity index (χ2n) is 3.78. The first-order valence-electron chi connectivity index (χ1n) is 5.55. The molecule has 0 spiro atoms. The van der Waals surface area contributed by atoms with Gasteiger partial charge < -0.3 is 11.5 Å². The van der Waals surface area contributed by atoms with Crippen molar-refractivity contribution in [3.8, 4) is 0 Å². The topological polar surface area (TPSA) is 120 Å². The van der Waals surface area contributed by atoms with Crippen LogP contribution in [0.4, 0.5) is 5.69 Å². The summed E-state index contributed by atoms with van der Waals surface area (Å²) in [5.74, 6) is -0.573. The summed E-state index contributed by atoms with van der Waals surface area (Å²) in [5.41, 5.74) is 11.4. The number of benzene rings is 1. The molecule has 0 saturated carbocycles. The molecular formula is C11H13N5O2S. The maximum Gasteiger partial charge on any atom is 0.343 e. The minimum absolute atomic E-state index is 0.291. The van der Waals surface area contributed by atoms with E-state index in [1.165, 1.54) is 22.4 Å². The summed E-state index contributed by atoms with van der Waals surface area (Å²) in [7, 11) is 0. The van der Waals surface area contributed by atoms with Crippen LogP contribution in [-0.4, -0.2) is 20.7 Å². The molecule has 0 atom stereocenters. The number of carbonyl (C=O) groups excluding carboxylic acids is 1. The van der Waals surface area contributed by atoms with Gasteiger partial charge in [-0.3, -0.25) is 9.36 Å². The zero-order chi connectivity index (χ0) is 14.0. The highest BCUT2D eigenvalue weighted by Gasteiger charge is 2.14. The van der Waals surface area contributed by atoms with Crippen molar-refractivity contribution >= 4 is 23.4 Å². The van der Waals surface area contributed by atoms with Gasteiger partial charge in [-0.1, -0.05) is 0 Å². The second kappa shape index (κ2) is 5.19. The lowest BCUT2D eigenvalue weighted by molar-refractivity contribution is 0.0997. The lowest BCUT2D eigenvalue weighted by Crippen LogP contribution is -2.16. The van der Waals surface area contributed by atoms with E-state index in [4.69, 9.17) is 11.5 Å². The van der Waals surface area contributed by atoms with Gasteiger partial charge in [0.1, 0.15) is 0 Å². The molecular weight excluding hydrogens is 266 g/mol. The van der Waals surface area contributed by atoms with Crippen molar-refractivity contribution in [2.24, 2.45) is 5.73 Å². The van der Waals surface area contributed by atoms with Gasteiger partial charge >= 0.3 is 5.69 Å². The Hall–Kier alpha value is -2.22. The molecule has 1 heterocycles. The van der Waals surface area contributed by atoms with Crippen LogP contribution in [0.3, 0.4) is 0 Å². The highest BCUT2D eigenvalue weighted by molar-refractivity contribution is 7.99. The molecule has 2 aromatic rings. The molecule has 0 fully saturated rings. The number of primary amides is 1. The van der Waals surface area contributed by atoms with E-state index in [2.05, 4.69) is 10.2 Å².